The largest absolute Gasteiger partial charge is 0.328 e. The number of nitrogens with zero attached hydrogens (tertiary/aromatic N) is 1. The lowest BCUT2D eigenvalue weighted by Gasteiger charge is -2.06. The molecule has 3 N–H and O–H groups in total. The van der Waals surface area contributed by atoms with Crippen LogP contribution in [0.1, 0.15) is 24.8 Å². The molecule has 0 bridgehead atoms. The Kier molecular flexibility index (Phi) is 3.93. The number of rotatable bonds is 4. The van der Waals surface area contributed by atoms with E-state index in [1.807, 2.05) is 32.0 Å². The van der Waals surface area contributed by atoms with Crippen LogP contribution in [0.2, 0.25) is 0 Å². The van der Waals surface area contributed by atoms with Gasteiger partial charge in [-0.3, -0.25) is 4.79 Å². The zero-order valence-corrected chi connectivity index (χ0v) is 11.4. The number of aryl methyl sites for hydroxylation is 1. The molecule has 1 amide bonds. The first kappa shape index (κ1) is 13.0. The number of hydrogen-bond acceptors (Lipinski definition) is 4. The van der Waals surface area contributed by atoms with E-state index in [9.17, 15) is 4.79 Å². The highest BCUT2D eigenvalue weighted by molar-refractivity contribution is 7.18. The summed E-state index contributed by atoms with van der Waals surface area (Å²) in [6.45, 7) is 3.88. The second kappa shape index (κ2) is 5.46. The minimum absolute atomic E-state index is 0.00730. The molecule has 18 heavy (non-hydrogen) atoms. The molecule has 96 valence electrons. The maximum Gasteiger partial charge on any atom is 0.224 e. The number of nitrogens with one attached hydrogen (secondary N) is 1. The molecule has 1 aromatic heterocycles. The van der Waals surface area contributed by atoms with Gasteiger partial charge in [0.25, 0.3) is 0 Å². The number of nitrogens with two attached hydrogens (primary N) is 1. The zero-order chi connectivity index (χ0) is 13.1. The predicted molar refractivity (Wildman–Crippen MR) is 75.9 cm³/mol. The highest BCUT2D eigenvalue weighted by atomic mass is 32.1. The molecule has 5 heteroatoms. The molecule has 2 rings (SSSR count). The van der Waals surface area contributed by atoms with Gasteiger partial charge >= 0.3 is 0 Å². The summed E-state index contributed by atoms with van der Waals surface area (Å²) in [7, 11) is 0. The van der Waals surface area contributed by atoms with Crippen LogP contribution in [0.15, 0.2) is 18.2 Å². The average molecular weight is 263 g/mol. The molecule has 1 atom stereocenters. The summed E-state index contributed by atoms with van der Waals surface area (Å²) < 4.78 is 1.09. The second-order valence-electron chi connectivity index (χ2n) is 4.48. The van der Waals surface area contributed by atoms with Crippen LogP contribution in [0, 0.1) is 6.92 Å². The van der Waals surface area contributed by atoms with Crippen molar-refractivity contribution in [1.29, 1.82) is 0 Å². The van der Waals surface area contributed by atoms with Gasteiger partial charge in [0.15, 0.2) is 0 Å². The minimum Gasteiger partial charge on any atom is -0.328 e. The van der Waals surface area contributed by atoms with E-state index in [1.54, 1.807) is 11.3 Å². The van der Waals surface area contributed by atoms with Crippen LogP contribution in [-0.4, -0.2) is 16.9 Å². The van der Waals surface area contributed by atoms with E-state index in [2.05, 4.69) is 10.3 Å². The number of carbonyl (C=O) groups excluding carboxylic acids is 1. The van der Waals surface area contributed by atoms with Crippen molar-refractivity contribution in [3.63, 3.8) is 0 Å². The van der Waals surface area contributed by atoms with E-state index in [4.69, 9.17) is 5.73 Å². The fourth-order valence-corrected chi connectivity index (χ4v) is 2.57. The molecule has 0 fully saturated rings. The van der Waals surface area contributed by atoms with E-state index >= 15 is 0 Å². The maximum atomic E-state index is 11.7. The van der Waals surface area contributed by atoms with Gasteiger partial charge in [-0.1, -0.05) is 0 Å². The number of thiazole rings is 1. The van der Waals surface area contributed by atoms with E-state index in [0.29, 0.717) is 12.8 Å². The van der Waals surface area contributed by atoms with Crippen LogP contribution in [0.4, 0.5) is 5.69 Å². The number of anilines is 1. The quantitative estimate of drug-likeness (QED) is 0.891. The Morgan fingerprint density at radius 1 is 1.56 bits per heavy atom. The van der Waals surface area contributed by atoms with Gasteiger partial charge in [-0.25, -0.2) is 4.98 Å². The topological polar surface area (TPSA) is 68.0 Å². The zero-order valence-electron chi connectivity index (χ0n) is 10.6. The van der Waals surface area contributed by atoms with Crippen molar-refractivity contribution < 1.29 is 4.79 Å². The highest BCUT2D eigenvalue weighted by Gasteiger charge is 2.06. The number of fused-ring (bicyclic) bond motifs is 1. The summed E-state index contributed by atoms with van der Waals surface area (Å²) in [5, 5.41) is 3.92. The minimum atomic E-state index is 0.00730. The molecule has 0 aliphatic heterocycles. The Balaban J connectivity index is 2.05. The van der Waals surface area contributed by atoms with Crippen LogP contribution >= 0.6 is 11.3 Å². The van der Waals surface area contributed by atoms with Crippen molar-refractivity contribution >= 4 is 33.1 Å². The molecular weight excluding hydrogens is 246 g/mol. The molecule has 4 nitrogen and oxygen atoms in total. The summed E-state index contributed by atoms with van der Waals surface area (Å²) in [6, 6.07) is 5.83. The van der Waals surface area contributed by atoms with E-state index < -0.39 is 0 Å². The predicted octanol–water partition coefficient (Wildman–Crippen LogP) is 2.67. The van der Waals surface area contributed by atoms with E-state index in [1.165, 1.54) is 0 Å². The summed E-state index contributed by atoms with van der Waals surface area (Å²) in [6.07, 6.45) is 1.16. The third-order valence-electron chi connectivity index (χ3n) is 2.61. The number of benzene rings is 1. The van der Waals surface area contributed by atoms with Crippen molar-refractivity contribution in [2.75, 3.05) is 5.32 Å². The molecule has 0 saturated carbocycles. The molecule has 2 aromatic rings. The van der Waals surface area contributed by atoms with Gasteiger partial charge in [-0.05, 0) is 38.5 Å². The summed E-state index contributed by atoms with van der Waals surface area (Å²) in [4.78, 5) is 16.1. The molecule has 0 spiro atoms. The highest BCUT2D eigenvalue weighted by Crippen LogP contribution is 2.24. The van der Waals surface area contributed by atoms with Gasteiger partial charge in [0.05, 0.1) is 15.2 Å². The van der Waals surface area contributed by atoms with Crippen LogP contribution in [0.25, 0.3) is 10.2 Å². The van der Waals surface area contributed by atoms with Crippen molar-refractivity contribution in [2.24, 2.45) is 5.73 Å². The third kappa shape index (κ3) is 3.27. The van der Waals surface area contributed by atoms with Gasteiger partial charge in [0, 0.05) is 18.2 Å². The van der Waals surface area contributed by atoms with Crippen molar-refractivity contribution in [2.45, 2.75) is 32.7 Å². The average Bonchev–Trinajstić information content (AvgIpc) is 2.66. The molecule has 0 aliphatic rings. The smallest absolute Gasteiger partial charge is 0.224 e. The molecule has 1 aromatic carbocycles. The van der Waals surface area contributed by atoms with Crippen molar-refractivity contribution in [1.82, 2.24) is 4.98 Å². The summed E-state index contributed by atoms with van der Waals surface area (Å²) >= 11 is 1.63. The fraction of sp³-hybridized carbons (Fsp3) is 0.385. The first-order valence-corrected chi connectivity index (χ1v) is 6.79. The Hall–Kier alpha value is -1.46. The Labute approximate surface area is 110 Å². The number of amides is 1. The van der Waals surface area contributed by atoms with Crippen LogP contribution in [-0.2, 0) is 4.79 Å². The van der Waals surface area contributed by atoms with Gasteiger partial charge < -0.3 is 11.1 Å². The molecule has 0 aliphatic carbocycles. The van der Waals surface area contributed by atoms with E-state index in [0.717, 1.165) is 20.9 Å². The summed E-state index contributed by atoms with van der Waals surface area (Å²) in [5.41, 5.74) is 7.42. The lowest BCUT2D eigenvalue weighted by atomic mass is 10.2. The third-order valence-corrected chi connectivity index (χ3v) is 3.54. The Bertz CT molecular complexity index is 562. The SMILES string of the molecule is Cc1nc2ccc(NC(=O)CCC(C)N)cc2s1. The standard InChI is InChI=1S/C13H17N3OS/c1-8(14)3-6-13(17)16-10-4-5-11-12(7-10)18-9(2)15-11/h4-5,7-8H,3,6,14H2,1-2H3,(H,16,17). The first-order valence-electron chi connectivity index (χ1n) is 5.97. The lowest BCUT2D eigenvalue weighted by molar-refractivity contribution is -0.116. The second-order valence-corrected chi connectivity index (χ2v) is 5.71. The molecule has 0 saturated heterocycles. The number of aromatic nitrogens is 1. The Morgan fingerprint density at radius 3 is 3.06 bits per heavy atom. The normalized spacial score (nSPS) is 12.6. The first-order chi connectivity index (χ1) is 8.54. The molecule has 1 heterocycles. The van der Waals surface area contributed by atoms with Crippen LogP contribution in [0.3, 0.4) is 0 Å². The molecular formula is C13H17N3OS. The molecule has 1 unspecified atom stereocenters. The lowest BCUT2D eigenvalue weighted by Crippen LogP contribution is -2.19. The van der Waals surface area contributed by atoms with Gasteiger partial charge in [0.2, 0.25) is 5.91 Å². The van der Waals surface area contributed by atoms with Gasteiger partial charge in [-0.15, -0.1) is 11.3 Å². The van der Waals surface area contributed by atoms with Crippen LogP contribution < -0.4 is 11.1 Å². The number of carbonyl (C=O) groups is 1. The van der Waals surface area contributed by atoms with Gasteiger partial charge in [0.1, 0.15) is 0 Å². The van der Waals surface area contributed by atoms with Crippen molar-refractivity contribution in [3.05, 3.63) is 23.2 Å². The van der Waals surface area contributed by atoms with Gasteiger partial charge in [-0.2, -0.15) is 0 Å². The van der Waals surface area contributed by atoms with Crippen LogP contribution in [0.5, 0.6) is 0 Å². The monoisotopic (exact) mass is 263 g/mol. The maximum absolute atomic E-state index is 11.7. The molecule has 0 radical (unpaired) electrons. The van der Waals surface area contributed by atoms with Crippen molar-refractivity contribution in [3.8, 4) is 0 Å². The van der Waals surface area contributed by atoms with E-state index in [-0.39, 0.29) is 11.9 Å². The summed E-state index contributed by atoms with van der Waals surface area (Å²) in [5.74, 6) is 0.00730. The Morgan fingerprint density at radius 2 is 2.33 bits per heavy atom. The number of hydrogen-bond donors (Lipinski definition) is 2. The fourth-order valence-electron chi connectivity index (χ4n) is 1.70.